The molecular weight excluding hydrogens is 201 g/mol. The number of anilines is 1. The number of aromatic nitrogens is 2. The molecule has 2 N–H and O–H groups in total. The van der Waals surface area contributed by atoms with E-state index in [2.05, 4.69) is 9.97 Å². The number of hydrogen-bond donors (Lipinski definition) is 1. The average Bonchev–Trinajstić information content (AvgIpc) is 2.27. The van der Waals surface area contributed by atoms with E-state index in [0.717, 1.165) is 5.59 Å². The first kappa shape index (κ1) is 10.5. The van der Waals surface area contributed by atoms with Crippen molar-refractivity contribution >= 4 is 19.3 Å². The monoisotopic (exact) mass is 213 g/mol. The maximum Gasteiger partial charge on any atom is 0.262 e. The van der Waals surface area contributed by atoms with Crippen LogP contribution in [0.2, 0.25) is 0 Å². The van der Waals surface area contributed by atoms with Crippen LogP contribution in [0.3, 0.4) is 0 Å². The van der Waals surface area contributed by atoms with Crippen molar-refractivity contribution in [1.29, 1.82) is 0 Å². The van der Waals surface area contributed by atoms with Gasteiger partial charge in [-0.15, -0.1) is 0 Å². The second kappa shape index (κ2) is 4.22. The third kappa shape index (κ3) is 2.31. The summed E-state index contributed by atoms with van der Waals surface area (Å²) in [5.74, 6) is 1.35. The predicted molar refractivity (Wildman–Crippen MR) is 65.9 cm³/mol. The minimum absolute atomic E-state index is 0.297. The topological polar surface area (TPSA) is 61.0 Å². The fourth-order valence-electron chi connectivity index (χ4n) is 1.26. The highest BCUT2D eigenvalue weighted by atomic mass is 16.5. The van der Waals surface area contributed by atoms with Crippen molar-refractivity contribution in [1.82, 2.24) is 9.97 Å². The maximum absolute atomic E-state index is 5.67. The molecule has 1 heterocycles. The first-order valence-electron chi connectivity index (χ1n) is 4.99. The van der Waals surface area contributed by atoms with E-state index in [1.807, 2.05) is 39.0 Å². The molecular formula is C11H12BN3O. The van der Waals surface area contributed by atoms with Gasteiger partial charge in [0, 0.05) is 11.8 Å². The summed E-state index contributed by atoms with van der Waals surface area (Å²) >= 11 is 0. The lowest BCUT2D eigenvalue weighted by atomic mass is 10.1. The van der Waals surface area contributed by atoms with E-state index < -0.39 is 0 Å². The summed E-state index contributed by atoms with van der Waals surface area (Å²) in [5.41, 5.74) is 7.62. The van der Waals surface area contributed by atoms with Crippen LogP contribution in [-0.4, -0.2) is 17.8 Å². The fourth-order valence-corrected chi connectivity index (χ4v) is 1.26. The minimum atomic E-state index is 0.297. The standard InChI is InChI=1S/C11H12BN3O/c1-7-2-4-8(5-3-7)16-11-10(13)14-6-9(12)15-11/h2-6H,12H2,1H3,(H2,13,14). The Morgan fingerprint density at radius 2 is 1.94 bits per heavy atom. The second-order valence-electron chi connectivity index (χ2n) is 3.62. The third-order valence-electron chi connectivity index (χ3n) is 2.12. The number of rotatable bonds is 2. The second-order valence-corrected chi connectivity index (χ2v) is 3.62. The van der Waals surface area contributed by atoms with Gasteiger partial charge in [-0.3, -0.25) is 0 Å². The van der Waals surface area contributed by atoms with Crippen LogP contribution in [0.15, 0.2) is 30.5 Å². The van der Waals surface area contributed by atoms with Gasteiger partial charge >= 0.3 is 0 Å². The summed E-state index contributed by atoms with van der Waals surface area (Å²) in [6.45, 7) is 2.02. The maximum atomic E-state index is 5.67. The van der Waals surface area contributed by atoms with Gasteiger partial charge in [-0.05, 0) is 19.1 Å². The fraction of sp³-hybridized carbons (Fsp3) is 0.0909. The smallest absolute Gasteiger partial charge is 0.262 e. The van der Waals surface area contributed by atoms with E-state index in [0.29, 0.717) is 17.4 Å². The highest BCUT2D eigenvalue weighted by Gasteiger charge is 2.05. The molecule has 0 amide bonds. The van der Waals surface area contributed by atoms with Crippen LogP contribution in [0.4, 0.5) is 5.82 Å². The number of nitrogen functional groups attached to an aromatic ring is 1. The SMILES string of the molecule is Bc1cnc(N)c(Oc2ccc(C)cc2)n1. The van der Waals surface area contributed by atoms with E-state index in [1.165, 1.54) is 5.56 Å². The van der Waals surface area contributed by atoms with Crippen molar-refractivity contribution in [3.05, 3.63) is 36.0 Å². The Kier molecular flexibility index (Phi) is 2.77. The largest absolute Gasteiger partial charge is 0.436 e. The Morgan fingerprint density at radius 3 is 2.62 bits per heavy atom. The number of nitrogens with zero attached hydrogens (tertiary/aromatic N) is 2. The first-order valence-corrected chi connectivity index (χ1v) is 4.99. The minimum Gasteiger partial charge on any atom is -0.436 e. The molecule has 0 fully saturated rings. The Hall–Kier alpha value is -2.04. The van der Waals surface area contributed by atoms with Crippen molar-refractivity contribution in [3.63, 3.8) is 0 Å². The Bertz CT molecular complexity index is 499. The molecule has 0 atom stereocenters. The molecule has 0 aliphatic heterocycles. The van der Waals surface area contributed by atoms with Crippen LogP contribution in [-0.2, 0) is 0 Å². The summed E-state index contributed by atoms with van der Waals surface area (Å²) < 4.78 is 5.55. The van der Waals surface area contributed by atoms with Gasteiger partial charge in [0.2, 0.25) is 0 Å². The van der Waals surface area contributed by atoms with Gasteiger partial charge < -0.3 is 10.5 Å². The van der Waals surface area contributed by atoms with Crippen LogP contribution in [0.1, 0.15) is 5.56 Å². The normalized spacial score (nSPS) is 10.1. The van der Waals surface area contributed by atoms with Crippen LogP contribution in [0.25, 0.3) is 0 Å². The summed E-state index contributed by atoms with van der Waals surface area (Å²) in [4.78, 5) is 8.16. The van der Waals surface area contributed by atoms with Gasteiger partial charge in [-0.1, -0.05) is 17.7 Å². The first-order chi connectivity index (χ1) is 7.65. The van der Waals surface area contributed by atoms with Gasteiger partial charge in [0.1, 0.15) is 5.75 Å². The molecule has 4 nitrogen and oxygen atoms in total. The van der Waals surface area contributed by atoms with Crippen LogP contribution < -0.4 is 16.1 Å². The molecule has 0 saturated heterocycles. The molecule has 80 valence electrons. The van der Waals surface area contributed by atoms with Gasteiger partial charge in [0.05, 0.1) is 0 Å². The molecule has 2 rings (SSSR count). The number of hydrogen-bond acceptors (Lipinski definition) is 4. The Labute approximate surface area is 94.9 Å². The van der Waals surface area contributed by atoms with Crippen LogP contribution >= 0.6 is 0 Å². The van der Waals surface area contributed by atoms with Crippen molar-refractivity contribution in [3.8, 4) is 11.6 Å². The van der Waals surface area contributed by atoms with E-state index in [4.69, 9.17) is 10.5 Å². The van der Waals surface area contributed by atoms with Crippen LogP contribution in [0.5, 0.6) is 11.6 Å². The summed E-state index contributed by atoms with van der Waals surface area (Å²) in [6.07, 6.45) is 1.61. The highest BCUT2D eigenvalue weighted by molar-refractivity contribution is 6.30. The third-order valence-corrected chi connectivity index (χ3v) is 2.12. The predicted octanol–water partition coefficient (Wildman–Crippen LogP) is 0.418. The molecule has 5 heteroatoms. The molecule has 0 aliphatic rings. The molecule has 0 saturated carbocycles. The average molecular weight is 213 g/mol. The number of nitrogens with two attached hydrogens (primary N) is 1. The van der Waals surface area contributed by atoms with Gasteiger partial charge in [0.15, 0.2) is 13.7 Å². The molecule has 0 aliphatic carbocycles. The lowest BCUT2D eigenvalue weighted by Crippen LogP contribution is -2.12. The van der Waals surface area contributed by atoms with Crippen molar-refractivity contribution in [2.45, 2.75) is 6.92 Å². The molecule has 1 aromatic heterocycles. The van der Waals surface area contributed by atoms with Crippen LogP contribution in [0, 0.1) is 6.92 Å². The zero-order valence-electron chi connectivity index (χ0n) is 9.27. The van der Waals surface area contributed by atoms with E-state index in [1.54, 1.807) is 6.20 Å². The number of ether oxygens (including phenoxy) is 1. The number of benzene rings is 1. The quantitative estimate of drug-likeness (QED) is 0.734. The Morgan fingerprint density at radius 1 is 1.25 bits per heavy atom. The molecule has 0 unspecified atom stereocenters. The molecule has 16 heavy (non-hydrogen) atoms. The lowest BCUT2D eigenvalue weighted by Gasteiger charge is -2.07. The number of aryl methyl sites for hydroxylation is 1. The van der Waals surface area contributed by atoms with E-state index in [9.17, 15) is 0 Å². The van der Waals surface area contributed by atoms with Gasteiger partial charge in [0.25, 0.3) is 5.88 Å². The summed E-state index contributed by atoms with van der Waals surface area (Å²) in [6, 6.07) is 7.68. The lowest BCUT2D eigenvalue weighted by molar-refractivity contribution is 0.464. The van der Waals surface area contributed by atoms with Crippen molar-refractivity contribution < 1.29 is 4.74 Å². The van der Waals surface area contributed by atoms with Gasteiger partial charge in [-0.25, -0.2) is 9.97 Å². The van der Waals surface area contributed by atoms with Crippen molar-refractivity contribution in [2.75, 3.05) is 5.73 Å². The molecule has 0 bridgehead atoms. The van der Waals surface area contributed by atoms with Crippen molar-refractivity contribution in [2.24, 2.45) is 0 Å². The molecule has 0 radical (unpaired) electrons. The summed E-state index contributed by atoms with van der Waals surface area (Å²) in [7, 11) is 1.84. The van der Waals surface area contributed by atoms with E-state index >= 15 is 0 Å². The Balaban J connectivity index is 2.26. The van der Waals surface area contributed by atoms with E-state index in [-0.39, 0.29) is 0 Å². The van der Waals surface area contributed by atoms with Gasteiger partial charge in [-0.2, -0.15) is 0 Å². The zero-order valence-corrected chi connectivity index (χ0v) is 9.27. The molecule has 2 aromatic rings. The highest BCUT2D eigenvalue weighted by Crippen LogP contribution is 2.22. The summed E-state index contributed by atoms with van der Waals surface area (Å²) in [5, 5.41) is 0. The molecule has 1 aromatic carbocycles. The zero-order chi connectivity index (χ0) is 11.5. The molecule has 0 spiro atoms.